The summed E-state index contributed by atoms with van der Waals surface area (Å²) in [6.45, 7) is 2.70. The third-order valence-electron chi connectivity index (χ3n) is 2.54. The Morgan fingerprint density at radius 1 is 1.26 bits per heavy atom. The van der Waals surface area contributed by atoms with E-state index in [0.29, 0.717) is 31.7 Å². The number of amides is 1. The molecule has 5 heteroatoms. The fraction of sp³-hybridized carbons (Fsp3) is 0.429. The Bertz CT molecular complexity index is 414. The quantitative estimate of drug-likeness (QED) is 0.704. The lowest BCUT2D eigenvalue weighted by atomic mass is 10.2. The molecule has 0 unspecified atom stereocenters. The van der Waals surface area contributed by atoms with Gasteiger partial charge in [0.1, 0.15) is 5.75 Å². The summed E-state index contributed by atoms with van der Waals surface area (Å²) in [5.41, 5.74) is 1.000. The van der Waals surface area contributed by atoms with Crippen LogP contribution in [0.1, 0.15) is 31.7 Å². The van der Waals surface area contributed by atoms with Gasteiger partial charge in [-0.05, 0) is 24.1 Å². The zero-order chi connectivity index (χ0) is 14.1. The van der Waals surface area contributed by atoms with Gasteiger partial charge in [0.05, 0.1) is 6.61 Å². The van der Waals surface area contributed by atoms with Crippen LogP contribution in [-0.2, 0) is 16.1 Å². The SMILES string of the molecule is CCC(=O)NCc1ccc(OCCCC(=O)O)cc1. The van der Waals surface area contributed by atoms with E-state index in [1.54, 1.807) is 0 Å². The van der Waals surface area contributed by atoms with E-state index < -0.39 is 5.97 Å². The minimum atomic E-state index is -0.814. The van der Waals surface area contributed by atoms with Gasteiger partial charge in [0.2, 0.25) is 5.91 Å². The Hall–Kier alpha value is -2.04. The minimum Gasteiger partial charge on any atom is -0.494 e. The first kappa shape index (κ1) is 15.0. The lowest BCUT2D eigenvalue weighted by Gasteiger charge is -2.07. The fourth-order valence-corrected chi connectivity index (χ4v) is 1.44. The summed E-state index contributed by atoms with van der Waals surface area (Å²) in [5, 5.41) is 11.3. The number of ether oxygens (including phenoxy) is 1. The highest BCUT2D eigenvalue weighted by atomic mass is 16.5. The molecular weight excluding hydrogens is 246 g/mol. The Labute approximate surface area is 112 Å². The van der Waals surface area contributed by atoms with Crippen LogP contribution in [0, 0.1) is 0 Å². The van der Waals surface area contributed by atoms with E-state index in [9.17, 15) is 9.59 Å². The largest absolute Gasteiger partial charge is 0.494 e. The standard InChI is InChI=1S/C14H19NO4/c1-2-13(16)15-10-11-5-7-12(8-6-11)19-9-3-4-14(17)18/h5-8H,2-4,9-10H2,1H3,(H,15,16)(H,17,18). The summed E-state index contributed by atoms with van der Waals surface area (Å²) in [5.74, 6) is -0.0874. The summed E-state index contributed by atoms with van der Waals surface area (Å²) >= 11 is 0. The van der Waals surface area contributed by atoms with Crippen LogP contribution >= 0.6 is 0 Å². The molecule has 1 aromatic carbocycles. The van der Waals surface area contributed by atoms with Crippen LogP contribution in [0.25, 0.3) is 0 Å². The molecule has 0 atom stereocenters. The van der Waals surface area contributed by atoms with Crippen LogP contribution in [0.2, 0.25) is 0 Å². The normalized spacial score (nSPS) is 9.95. The van der Waals surface area contributed by atoms with Gasteiger partial charge in [-0.25, -0.2) is 0 Å². The maximum atomic E-state index is 11.1. The Balaban J connectivity index is 2.31. The first-order chi connectivity index (χ1) is 9.11. The van der Waals surface area contributed by atoms with E-state index in [1.807, 2.05) is 31.2 Å². The highest BCUT2D eigenvalue weighted by Crippen LogP contribution is 2.12. The predicted octanol–water partition coefficient (Wildman–Crippen LogP) is 1.96. The van der Waals surface area contributed by atoms with Crippen LogP contribution in [0.15, 0.2) is 24.3 Å². The van der Waals surface area contributed by atoms with Gasteiger partial charge in [0.15, 0.2) is 0 Å². The summed E-state index contributed by atoms with van der Waals surface area (Å²) in [6, 6.07) is 7.38. The van der Waals surface area contributed by atoms with Crippen LogP contribution in [0.4, 0.5) is 0 Å². The minimum absolute atomic E-state index is 0.0222. The third-order valence-corrected chi connectivity index (χ3v) is 2.54. The Kier molecular flexibility index (Phi) is 6.43. The number of benzene rings is 1. The summed E-state index contributed by atoms with van der Waals surface area (Å²) in [6.07, 6.45) is 1.08. The number of rotatable bonds is 8. The monoisotopic (exact) mass is 265 g/mol. The average molecular weight is 265 g/mol. The van der Waals surface area contributed by atoms with Gasteiger partial charge < -0.3 is 15.2 Å². The van der Waals surface area contributed by atoms with Crippen LogP contribution in [-0.4, -0.2) is 23.6 Å². The number of hydrogen-bond acceptors (Lipinski definition) is 3. The zero-order valence-corrected chi connectivity index (χ0v) is 11.0. The molecule has 0 fully saturated rings. The molecule has 0 aliphatic rings. The summed E-state index contributed by atoms with van der Waals surface area (Å²) in [7, 11) is 0. The molecule has 0 aromatic heterocycles. The second-order valence-corrected chi connectivity index (χ2v) is 4.12. The lowest BCUT2D eigenvalue weighted by Crippen LogP contribution is -2.21. The molecule has 19 heavy (non-hydrogen) atoms. The van der Waals surface area contributed by atoms with Crippen molar-refractivity contribution in [1.29, 1.82) is 0 Å². The van der Waals surface area contributed by atoms with Crippen LogP contribution in [0.5, 0.6) is 5.75 Å². The molecule has 104 valence electrons. The number of carbonyl (C=O) groups is 2. The molecule has 0 aliphatic carbocycles. The molecule has 1 rings (SSSR count). The van der Waals surface area contributed by atoms with Crippen molar-refractivity contribution < 1.29 is 19.4 Å². The topological polar surface area (TPSA) is 75.6 Å². The number of carboxylic acid groups (broad SMARTS) is 1. The fourth-order valence-electron chi connectivity index (χ4n) is 1.44. The molecule has 0 saturated carbocycles. The van der Waals surface area contributed by atoms with Gasteiger partial charge in [-0.3, -0.25) is 9.59 Å². The molecule has 0 heterocycles. The first-order valence-electron chi connectivity index (χ1n) is 6.32. The van der Waals surface area contributed by atoms with Crippen molar-refractivity contribution in [3.8, 4) is 5.75 Å². The van der Waals surface area contributed by atoms with Gasteiger partial charge >= 0.3 is 5.97 Å². The molecule has 0 aliphatic heterocycles. The molecule has 0 bridgehead atoms. The van der Waals surface area contributed by atoms with E-state index in [2.05, 4.69) is 5.32 Å². The number of aliphatic carboxylic acids is 1. The maximum absolute atomic E-state index is 11.1. The van der Waals surface area contributed by atoms with Crippen molar-refractivity contribution in [2.24, 2.45) is 0 Å². The number of carboxylic acids is 1. The average Bonchev–Trinajstić information content (AvgIpc) is 2.42. The van der Waals surface area contributed by atoms with Crippen molar-refractivity contribution in [2.75, 3.05) is 6.61 Å². The molecule has 5 nitrogen and oxygen atoms in total. The van der Waals surface area contributed by atoms with E-state index in [0.717, 1.165) is 5.56 Å². The molecule has 1 amide bonds. The highest BCUT2D eigenvalue weighted by Gasteiger charge is 2.00. The van der Waals surface area contributed by atoms with E-state index >= 15 is 0 Å². The van der Waals surface area contributed by atoms with Crippen molar-refractivity contribution in [3.05, 3.63) is 29.8 Å². The molecule has 0 spiro atoms. The van der Waals surface area contributed by atoms with E-state index in [1.165, 1.54) is 0 Å². The van der Waals surface area contributed by atoms with Crippen LogP contribution in [0.3, 0.4) is 0 Å². The third kappa shape index (κ3) is 6.45. The molecule has 2 N–H and O–H groups in total. The number of hydrogen-bond donors (Lipinski definition) is 2. The second kappa shape index (κ2) is 8.13. The maximum Gasteiger partial charge on any atom is 0.303 e. The second-order valence-electron chi connectivity index (χ2n) is 4.12. The number of carbonyl (C=O) groups excluding carboxylic acids is 1. The first-order valence-corrected chi connectivity index (χ1v) is 6.32. The van der Waals surface area contributed by atoms with E-state index in [4.69, 9.17) is 9.84 Å². The molecule has 0 saturated heterocycles. The van der Waals surface area contributed by atoms with Crippen molar-refractivity contribution >= 4 is 11.9 Å². The van der Waals surface area contributed by atoms with Gasteiger partial charge in [-0.15, -0.1) is 0 Å². The summed E-state index contributed by atoms with van der Waals surface area (Å²) in [4.78, 5) is 21.4. The van der Waals surface area contributed by atoms with Gasteiger partial charge in [0.25, 0.3) is 0 Å². The smallest absolute Gasteiger partial charge is 0.303 e. The van der Waals surface area contributed by atoms with Crippen LogP contribution < -0.4 is 10.1 Å². The van der Waals surface area contributed by atoms with E-state index in [-0.39, 0.29) is 12.3 Å². The Morgan fingerprint density at radius 2 is 1.95 bits per heavy atom. The molecule has 0 radical (unpaired) electrons. The highest BCUT2D eigenvalue weighted by molar-refractivity contribution is 5.75. The van der Waals surface area contributed by atoms with Crippen molar-refractivity contribution in [3.63, 3.8) is 0 Å². The Morgan fingerprint density at radius 3 is 2.53 bits per heavy atom. The van der Waals surface area contributed by atoms with Crippen molar-refractivity contribution in [2.45, 2.75) is 32.7 Å². The van der Waals surface area contributed by atoms with Crippen molar-refractivity contribution in [1.82, 2.24) is 5.32 Å². The van der Waals surface area contributed by atoms with Gasteiger partial charge in [0, 0.05) is 19.4 Å². The van der Waals surface area contributed by atoms with Gasteiger partial charge in [-0.2, -0.15) is 0 Å². The molecule has 1 aromatic rings. The lowest BCUT2D eigenvalue weighted by molar-refractivity contribution is -0.137. The predicted molar refractivity (Wildman–Crippen MR) is 70.9 cm³/mol. The zero-order valence-electron chi connectivity index (χ0n) is 11.0. The summed E-state index contributed by atoms with van der Waals surface area (Å²) < 4.78 is 5.41. The molecular formula is C14H19NO4. The van der Waals surface area contributed by atoms with Gasteiger partial charge in [-0.1, -0.05) is 19.1 Å². The number of nitrogens with one attached hydrogen (secondary N) is 1.